The van der Waals surface area contributed by atoms with E-state index in [1.54, 1.807) is 0 Å². The molecule has 0 aromatic rings. The van der Waals surface area contributed by atoms with Gasteiger partial charge in [0.25, 0.3) is 0 Å². The Balaban J connectivity index is 0. The minimum Gasteiger partial charge on any atom is -0.0854 e. The monoisotopic (exact) mass is 142 g/mol. The summed E-state index contributed by atoms with van der Waals surface area (Å²) >= 11 is 0. The second-order valence-electron chi connectivity index (χ2n) is 2.77. The van der Waals surface area contributed by atoms with Gasteiger partial charge in [-0.15, -0.1) is 0 Å². The van der Waals surface area contributed by atoms with Gasteiger partial charge in [0.05, 0.1) is 0 Å². The van der Waals surface area contributed by atoms with Crippen molar-refractivity contribution in [3.05, 3.63) is 12.2 Å². The van der Waals surface area contributed by atoms with Gasteiger partial charge in [0, 0.05) is 0 Å². The first kappa shape index (κ1) is 12.4. The molecule has 1 aliphatic carbocycles. The van der Waals surface area contributed by atoms with E-state index in [1.165, 1.54) is 12.8 Å². The molecule has 0 amide bonds. The molecule has 2 unspecified atom stereocenters. The minimum atomic E-state index is 0. The van der Waals surface area contributed by atoms with Gasteiger partial charge in [0.15, 0.2) is 0 Å². The number of allylic oxidation sites excluding steroid dienone is 2. The predicted octanol–water partition coefficient (Wildman–Crippen LogP) is 3.88. The van der Waals surface area contributed by atoms with Crippen molar-refractivity contribution >= 4 is 0 Å². The summed E-state index contributed by atoms with van der Waals surface area (Å²) in [5.74, 6) is 1.74. The lowest BCUT2D eigenvalue weighted by Crippen LogP contribution is -1.91. The van der Waals surface area contributed by atoms with E-state index in [4.69, 9.17) is 0 Å². The topological polar surface area (TPSA) is 0 Å². The molecule has 0 nitrogen and oxygen atoms in total. The SMILES string of the molecule is C.C.CCC1C=CC(C)C1. The fourth-order valence-corrected chi connectivity index (χ4v) is 1.28. The summed E-state index contributed by atoms with van der Waals surface area (Å²) < 4.78 is 0. The van der Waals surface area contributed by atoms with Gasteiger partial charge in [-0.2, -0.15) is 0 Å². The third kappa shape index (κ3) is 3.05. The van der Waals surface area contributed by atoms with Crippen molar-refractivity contribution in [2.45, 2.75) is 41.5 Å². The van der Waals surface area contributed by atoms with E-state index in [-0.39, 0.29) is 14.9 Å². The van der Waals surface area contributed by atoms with Crippen LogP contribution in [-0.4, -0.2) is 0 Å². The number of hydrogen-bond donors (Lipinski definition) is 0. The van der Waals surface area contributed by atoms with Crippen LogP contribution < -0.4 is 0 Å². The van der Waals surface area contributed by atoms with Crippen molar-refractivity contribution in [1.82, 2.24) is 0 Å². The zero-order valence-corrected chi connectivity index (χ0v) is 5.72. The molecule has 0 bridgehead atoms. The van der Waals surface area contributed by atoms with Gasteiger partial charge in [0.2, 0.25) is 0 Å². The maximum Gasteiger partial charge on any atom is -0.0231 e. The van der Waals surface area contributed by atoms with Crippen molar-refractivity contribution in [3.63, 3.8) is 0 Å². The highest BCUT2D eigenvalue weighted by Crippen LogP contribution is 2.24. The first-order valence-corrected chi connectivity index (χ1v) is 3.51. The molecule has 0 aliphatic heterocycles. The van der Waals surface area contributed by atoms with E-state index in [9.17, 15) is 0 Å². The zero-order chi connectivity index (χ0) is 5.98. The van der Waals surface area contributed by atoms with Crippen LogP contribution in [0.2, 0.25) is 0 Å². The second-order valence-corrected chi connectivity index (χ2v) is 2.77. The smallest absolute Gasteiger partial charge is 0.0231 e. The quantitative estimate of drug-likeness (QED) is 0.487. The zero-order valence-electron chi connectivity index (χ0n) is 5.72. The molecule has 0 N–H and O–H groups in total. The molecule has 0 aromatic carbocycles. The molecule has 0 heteroatoms. The molecule has 0 aromatic heterocycles. The van der Waals surface area contributed by atoms with Crippen LogP contribution in [0.25, 0.3) is 0 Å². The van der Waals surface area contributed by atoms with Crippen LogP contribution in [0.3, 0.4) is 0 Å². The maximum absolute atomic E-state index is 2.35. The van der Waals surface area contributed by atoms with Gasteiger partial charge in [-0.05, 0) is 24.7 Å². The van der Waals surface area contributed by atoms with Crippen molar-refractivity contribution in [1.29, 1.82) is 0 Å². The van der Waals surface area contributed by atoms with Gasteiger partial charge < -0.3 is 0 Å². The van der Waals surface area contributed by atoms with Gasteiger partial charge in [-0.25, -0.2) is 0 Å². The highest BCUT2D eigenvalue weighted by molar-refractivity contribution is 4.99. The third-order valence-electron chi connectivity index (χ3n) is 1.91. The third-order valence-corrected chi connectivity index (χ3v) is 1.91. The van der Waals surface area contributed by atoms with E-state index in [1.807, 2.05) is 0 Å². The summed E-state index contributed by atoms with van der Waals surface area (Å²) in [6.07, 6.45) is 7.39. The van der Waals surface area contributed by atoms with E-state index in [0.717, 1.165) is 11.8 Å². The molecular weight excluding hydrogens is 120 g/mol. The summed E-state index contributed by atoms with van der Waals surface area (Å²) in [7, 11) is 0. The van der Waals surface area contributed by atoms with Gasteiger partial charge in [-0.3, -0.25) is 0 Å². The Hall–Kier alpha value is -0.260. The summed E-state index contributed by atoms with van der Waals surface area (Å²) in [6, 6.07) is 0. The molecule has 2 atom stereocenters. The van der Waals surface area contributed by atoms with E-state index >= 15 is 0 Å². The van der Waals surface area contributed by atoms with Gasteiger partial charge >= 0.3 is 0 Å². The fourth-order valence-electron chi connectivity index (χ4n) is 1.28. The first-order chi connectivity index (χ1) is 3.83. The molecule has 62 valence electrons. The average Bonchev–Trinajstić information content (AvgIpc) is 2.14. The summed E-state index contributed by atoms with van der Waals surface area (Å²) in [5.41, 5.74) is 0. The summed E-state index contributed by atoms with van der Waals surface area (Å²) in [6.45, 7) is 4.54. The second kappa shape index (κ2) is 5.52. The molecule has 10 heavy (non-hydrogen) atoms. The van der Waals surface area contributed by atoms with Crippen molar-refractivity contribution < 1.29 is 0 Å². The first-order valence-electron chi connectivity index (χ1n) is 3.51. The lowest BCUT2D eigenvalue weighted by atomic mass is 10.0. The predicted molar refractivity (Wildman–Crippen MR) is 50.2 cm³/mol. The number of rotatable bonds is 1. The van der Waals surface area contributed by atoms with Crippen LogP contribution in [0.1, 0.15) is 41.5 Å². The molecule has 0 saturated heterocycles. The largest absolute Gasteiger partial charge is 0.0854 e. The lowest BCUT2D eigenvalue weighted by Gasteiger charge is -2.02. The molecule has 1 rings (SSSR count). The van der Waals surface area contributed by atoms with Crippen LogP contribution in [0.4, 0.5) is 0 Å². The standard InChI is InChI=1S/C8H14.2CH4/c1-3-8-5-4-7(2)6-8;;/h4-5,7-8H,3,6H2,1-2H3;2*1H4. The normalized spacial score (nSPS) is 29.0. The molecular formula is C10H22. The fraction of sp³-hybridized carbons (Fsp3) is 0.800. The molecule has 0 radical (unpaired) electrons. The lowest BCUT2D eigenvalue weighted by molar-refractivity contribution is 0.538. The maximum atomic E-state index is 2.35. The molecule has 0 saturated carbocycles. The van der Waals surface area contributed by atoms with Crippen LogP contribution in [0, 0.1) is 11.8 Å². The van der Waals surface area contributed by atoms with Crippen molar-refractivity contribution in [2.75, 3.05) is 0 Å². The molecule has 1 aliphatic rings. The van der Waals surface area contributed by atoms with E-state index in [0.29, 0.717) is 0 Å². The Morgan fingerprint density at radius 3 is 2.10 bits per heavy atom. The Morgan fingerprint density at radius 2 is 1.90 bits per heavy atom. The van der Waals surface area contributed by atoms with Gasteiger partial charge in [-0.1, -0.05) is 40.9 Å². The Kier molecular flexibility index (Phi) is 6.85. The summed E-state index contributed by atoms with van der Waals surface area (Å²) in [5, 5.41) is 0. The molecule has 0 spiro atoms. The Morgan fingerprint density at radius 1 is 1.30 bits per heavy atom. The molecule has 0 fully saturated rings. The van der Waals surface area contributed by atoms with Crippen LogP contribution in [0.5, 0.6) is 0 Å². The van der Waals surface area contributed by atoms with E-state index < -0.39 is 0 Å². The highest BCUT2D eigenvalue weighted by Gasteiger charge is 2.11. The van der Waals surface area contributed by atoms with Crippen LogP contribution in [-0.2, 0) is 0 Å². The van der Waals surface area contributed by atoms with Crippen LogP contribution in [0.15, 0.2) is 12.2 Å². The van der Waals surface area contributed by atoms with Gasteiger partial charge in [0.1, 0.15) is 0 Å². The van der Waals surface area contributed by atoms with E-state index in [2.05, 4.69) is 26.0 Å². The van der Waals surface area contributed by atoms with Crippen molar-refractivity contribution in [3.8, 4) is 0 Å². The number of hydrogen-bond acceptors (Lipinski definition) is 0. The Bertz CT molecular complexity index is 92.2. The minimum absolute atomic E-state index is 0. The molecule has 0 heterocycles. The Labute approximate surface area is 66.3 Å². The van der Waals surface area contributed by atoms with Crippen molar-refractivity contribution in [2.24, 2.45) is 11.8 Å². The van der Waals surface area contributed by atoms with Crippen LogP contribution >= 0.6 is 0 Å². The average molecular weight is 142 g/mol. The highest BCUT2D eigenvalue weighted by atomic mass is 14.2. The summed E-state index contributed by atoms with van der Waals surface area (Å²) in [4.78, 5) is 0.